The van der Waals surface area contributed by atoms with Crippen molar-refractivity contribution in [3.63, 3.8) is 0 Å². The third-order valence-corrected chi connectivity index (χ3v) is 2.74. The summed E-state index contributed by atoms with van der Waals surface area (Å²) in [4.78, 5) is 22.5. The molecule has 1 aromatic rings. The summed E-state index contributed by atoms with van der Waals surface area (Å²) in [5, 5.41) is 11.7. The summed E-state index contributed by atoms with van der Waals surface area (Å²) in [5.74, 6) is -1.05. The van der Waals surface area contributed by atoms with E-state index in [4.69, 9.17) is 5.11 Å². The molecule has 0 atom stereocenters. The number of rotatable bonds is 5. The van der Waals surface area contributed by atoms with Crippen LogP contribution < -0.4 is 5.32 Å². The number of carbonyl (C=O) groups excluding carboxylic acids is 1. The Kier molecular flexibility index (Phi) is 5.10. The number of carboxylic acids is 1. The van der Waals surface area contributed by atoms with Crippen LogP contribution in [0.4, 0.5) is 0 Å². The van der Waals surface area contributed by atoms with E-state index >= 15 is 0 Å². The minimum Gasteiger partial charge on any atom is -0.478 e. The van der Waals surface area contributed by atoms with Crippen LogP contribution in [0.3, 0.4) is 0 Å². The van der Waals surface area contributed by atoms with Gasteiger partial charge in [0.2, 0.25) is 5.91 Å². The molecule has 104 valence electrons. The quantitative estimate of drug-likeness (QED) is 0.857. The number of carbonyl (C=O) groups is 2. The first-order valence-corrected chi connectivity index (χ1v) is 6.37. The number of amides is 1. The van der Waals surface area contributed by atoms with Crippen molar-refractivity contribution in [3.8, 4) is 0 Å². The van der Waals surface area contributed by atoms with E-state index in [-0.39, 0.29) is 23.3 Å². The summed E-state index contributed by atoms with van der Waals surface area (Å²) >= 11 is 0. The zero-order valence-electron chi connectivity index (χ0n) is 11.7. The van der Waals surface area contributed by atoms with Gasteiger partial charge in [-0.15, -0.1) is 0 Å². The van der Waals surface area contributed by atoms with Gasteiger partial charge in [0.15, 0.2) is 0 Å². The van der Waals surface area contributed by atoms with Gasteiger partial charge >= 0.3 is 5.97 Å². The third-order valence-electron chi connectivity index (χ3n) is 2.74. The van der Waals surface area contributed by atoms with Gasteiger partial charge in [0.25, 0.3) is 0 Å². The van der Waals surface area contributed by atoms with E-state index in [0.29, 0.717) is 12.1 Å². The van der Waals surface area contributed by atoms with Crippen LogP contribution in [0.15, 0.2) is 24.3 Å². The first kappa shape index (κ1) is 15.2. The number of nitrogens with one attached hydrogen (secondary N) is 1. The van der Waals surface area contributed by atoms with Crippen LogP contribution in [0.5, 0.6) is 0 Å². The first-order chi connectivity index (χ1) is 8.78. The molecular formula is C15H21NO3. The van der Waals surface area contributed by atoms with E-state index in [1.165, 1.54) is 12.1 Å². The lowest BCUT2D eigenvalue weighted by atomic mass is 9.92. The van der Waals surface area contributed by atoms with E-state index in [1.807, 2.05) is 0 Å². The summed E-state index contributed by atoms with van der Waals surface area (Å²) in [6.45, 7) is 7.00. The van der Waals surface area contributed by atoms with Crippen LogP contribution in [0.1, 0.15) is 43.1 Å². The van der Waals surface area contributed by atoms with Gasteiger partial charge in [-0.25, -0.2) is 4.79 Å². The van der Waals surface area contributed by atoms with Crippen molar-refractivity contribution >= 4 is 11.9 Å². The molecule has 0 aliphatic heterocycles. The number of benzene rings is 1. The molecule has 4 nitrogen and oxygen atoms in total. The summed E-state index contributed by atoms with van der Waals surface area (Å²) in [7, 11) is 0. The molecule has 0 unspecified atom stereocenters. The summed E-state index contributed by atoms with van der Waals surface area (Å²) < 4.78 is 0. The monoisotopic (exact) mass is 263 g/mol. The molecule has 0 aliphatic rings. The Hall–Kier alpha value is -1.84. The molecule has 0 saturated carbocycles. The van der Waals surface area contributed by atoms with Gasteiger partial charge in [0.05, 0.1) is 12.0 Å². The lowest BCUT2D eigenvalue weighted by Crippen LogP contribution is -2.28. The largest absolute Gasteiger partial charge is 0.478 e. The molecule has 1 amide bonds. The maximum Gasteiger partial charge on any atom is 0.335 e. The maximum atomic E-state index is 11.7. The highest BCUT2D eigenvalue weighted by atomic mass is 16.4. The normalized spacial score (nSPS) is 11.1. The second-order valence-electron chi connectivity index (χ2n) is 5.84. The molecule has 0 radical (unpaired) electrons. The number of hydrogen-bond acceptors (Lipinski definition) is 2. The minimum absolute atomic E-state index is 0.0770. The average molecular weight is 263 g/mol. The molecule has 0 fully saturated rings. The molecular weight excluding hydrogens is 242 g/mol. The lowest BCUT2D eigenvalue weighted by Gasteiger charge is -2.18. The average Bonchev–Trinajstić information content (AvgIpc) is 2.27. The van der Waals surface area contributed by atoms with E-state index in [0.717, 1.165) is 6.42 Å². The number of hydrogen-bond donors (Lipinski definition) is 2. The van der Waals surface area contributed by atoms with E-state index < -0.39 is 5.97 Å². The van der Waals surface area contributed by atoms with Crippen molar-refractivity contribution in [2.45, 2.75) is 33.6 Å². The zero-order chi connectivity index (χ0) is 14.5. The molecule has 19 heavy (non-hydrogen) atoms. The molecule has 0 aromatic heterocycles. The molecule has 4 heteroatoms. The fraction of sp³-hybridized carbons (Fsp3) is 0.467. The molecule has 1 rings (SSSR count). The van der Waals surface area contributed by atoms with Crippen molar-refractivity contribution in [1.29, 1.82) is 0 Å². The maximum absolute atomic E-state index is 11.7. The van der Waals surface area contributed by atoms with Crippen molar-refractivity contribution in [1.82, 2.24) is 5.32 Å². The van der Waals surface area contributed by atoms with Gasteiger partial charge in [-0.1, -0.05) is 32.9 Å². The second kappa shape index (κ2) is 6.36. The van der Waals surface area contributed by atoms with E-state index in [2.05, 4.69) is 26.1 Å². The molecule has 0 spiro atoms. The Bertz CT molecular complexity index is 461. The van der Waals surface area contributed by atoms with Gasteiger partial charge < -0.3 is 10.4 Å². The smallest absolute Gasteiger partial charge is 0.335 e. The predicted octanol–water partition coefficient (Wildman–Crippen LogP) is 2.48. The van der Waals surface area contributed by atoms with Gasteiger partial charge in [-0.2, -0.15) is 0 Å². The Morgan fingerprint density at radius 2 is 1.95 bits per heavy atom. The van der Waals surface area contributed by atoms with Gasteiger partial charge in [0, 0.05) is 6.54 Å². The van der Waals surface area contributed by atoms with E-state index in [1.54, 1.807) is 12.1 Å². The molecule has 1 aromatic carbocycles. The van der Waals surface area contributed by atoms with Crippen molar-refractivity contribution < 1.29 is 14.7 Å². The molecule has 2 N–H and O–H groups in total. The molecule has 0 saturated heterocycles. The van der Waals surface area contributed by atoms with Crippen LogP contribution in [0, 0.1) is 5.41 Å². The minimum atomic E-state index is -0.977. The fourth-order valence-corrected chi connectivity index (χ4v) is 1.64. The third kappa shape index (κ3) is 6.04. The lowest BCUT2D eigenvalue weighted by molar-refractivity contribution is -0.120. The summed E-state index contributed by atoms with van der Waals surface area (Å²) in [5.41, 5.74) is 1.12. The highest BCUT2D eigenvalue weighted by molar-refractivity contribution is 5.88. The number of aromatic carboxylic acids is 1. The topological polar surface area (TPSA) is 66.4 Å². The SMILES string of the molecule is CC(C)(C)CCNC(=O)Cc1cccc(C(=O)O)c1. The molecule has 0 aliphatic carbocycles. The summed E-state index contributed by atoms with van der Waals surface area (Å²) in [6, 6.07) is 6.46. The van der Waals surface area contributed by atoms with E-state index in [9.17, 15) is 9.59 Å². The zero-order valence-corrected chi connectivity index (χ0v) is 11.7. The first-order valence-electron chi connectivity index (χ1n) is 6.37. The predicted molar refractivity (Wildman–Crippen MR) is 74.2 cm³/mol. The van der Waals surface area contributed by atoms with Crippen LogP contribution >= 0.6 is 0 Å². The van der Waals surface area contributed by atoms with Crippen molar-refractivity contribution in [2.75, 3.05) is 6.54 Å². The molecule has 0 heterocycles. The van der Waals surface area contributed by atoms with Gasteiger partial charge in [-0.3, -0.25) is 4.79 Å². The standard InChI is InChI=1S/C15H21NO3/c1-15(2,3)7-8-16-13(17)10-11-5-4-6-12(9-11)14(18)19/h4-6,9H,7-8,10H2,1-3H3,(H,16,17)(H,18,19). The van der Waals surface area contributed by atoms with Crippen molar-refractivity contribution in [3.05, 3.63) is 35.4 Å². The van der Waals surface area contributed by atoms with Crippen molar-refractivity contribution in [2.24, 2.45) is 5.41 Å². The number of carboxylic acid groups (broad SMARTS) is 1. The van der Waals surface area contributed by atoms with Crippen LogP contribution in [-0.2, 0) is 11.2 Å². The highest BCUT2D eigenvalue weighted by Gasteiger charge is 2.11. The van der Waals surface area contributed by atoms with Crippen LogP contribution in [-0.4, -0.2) is 23.5 Å². The van der Waals surface area contributed by atoms with Crippen LogP contribution in [0.25, 0.3) is 0 Å². The van der Waals surface area contributed by atoms with Gasteiger partial charge in [-0.05, 0) is 29.5 Å². The Balaban J connectivity index is 2.48. The Labute approximate surface area is 113 Å². The van der Waals surface area contributed by atoms with Crippen LogP contribution in [0.2, 0.25) is 0 Å². The Morgan fingerprint density at radius 1 is 1.26 bits per heavy atom. The van der Waals surface area contributed by atoms with Gasteiger partial charge in [0.1, 0.15) is 0 Å². The summed E-state index contributed by atoms with van der Waals surface area (Å²) in [6.07, 6.45) is 1.12. The molecule has 0 bridgehead atoms. The fourth-order valence-electron chi connectivity index (χ4n) is 1.64. The second-order valence-corrected chi connectivity index (χ2v) is 5.84. The Morgan fingerprint density at radius 3 is 2.53 bits per heavy atom. The highest BCUT2D eigenvalue weighted by Crippen LogP contribution is 2.16.